The van der Waals surface area contributed by atoms with E-state index in [-0.39, 0.29) is 29.0 Å². The van der Waals surface area contributed by atoms with Gasteiger partial charge in [0.1, 0.15) is 0 Å². The van der Waals surface area contributed by atoms with Crippen molar-refractivity contribution in [2.45, 2.75) is 31.2 Å². The summed E-state index contributed by atoms with van der Waals surface area (Å²) in [6.45, 7) is 8.03. The molecule has 6 nitrogen and oxygen atoms in total. The summed E-state index contributed by atoms with van der Waals surface area (Å²) < 4.78 is 26.5. The number of carbonyl (C=O) groups excluding carboxylic acids is 1. The van der Waals surface area contributed by atoms with Gasteiger partial charge in [0.25, 0.3) is 5.91 Å². The van der Waals surface area contributed by atoms with Gasteiger partial charge >= 0.3 is 0 Å². The fourth-order valence-electron chi connectivity index (χ4n) is 2.11. The molecule has 1 aromatic carbocycles. The molecular weight excluding hydrogens is 314 g/mol. The molecule has 4 N–H and O–H groups in total. The second-order valence-electron chi connectivity index (χ2n) is 5.70. The maximum Gasteiger partial charge on any atom is 0.251 e. The third-order valence-corrected chi connectivity index (χ3v) is 4.62. The van der Waals surface area contributed by atoms with Crippen LogP contribution < -0.4 is 15.8 Å². The zero-order valence-electron chi connectivity index (χ0n) is 13.6. The lowest BCUT2D eigenvalue weighted by molar-refractivity contribution is 0.0933. The minimum Gasteiger partial charge on any atom is -0.348 e. The molecule has 0 spiro atoms. The number of amides is 1. The molecule has 1 unspecified atom stereocenters. The minimum absolute atomic E-state index is 0.0418. The molecule has 1 amide bonds. The average molecular weight is 339 g/mol. The summed E-state index contributed by atoms with van der Waals surface area (Å²) >= 11 is 0. The molecule has 23 heavy (non-hydrogen) atoms. The van der Waals surface area contributed by atoms with Gasteiger partial charge in [0.05, 0.1) is 4.90 Å². The van der Waals surface area contributed by atoms with Gasteiger partial charge in [-0.15, -0.1) is 6.58 Å². The summed E-state index contributed by atoms with van der Waals surface area (Å²) in [4.78, 5) is 12.3. The van der Waals surface area contributed by atoms with E-state index in [1.165, 1.54) is 24.3 Å². The minimum atomic E-state index is -3.66. The largest absolute Gasteiger partial charge is 0.348 e. The van der Waals surface area contributed by atoms with Crippen LogP contribution in [0.2, 0.25) is 0 Å². The van der Waals surface area contributed by atoms with E-state index in [9.17, 15) is 13.2 Å². The number of benzene rings is 1. The molecule has 128 valence electrons. The van der Waals surface area contributed by atoms with E-state index in [4.69, 9.17) is 5.73 Å². The first-order chi connectivity index (χ1) is 10.8. The number of nitrogens with two attached hydrogens (primary N) is 1. The highest BCUT2D eigenvalue weighted by atomic mass is 32.2. The van der Waals surface area contributed by atoms with Crippen molar-refractivity contribution in [3.8, 4) is 0 Å². The molecule has 0 aliphatic rings. The Kier molecular flexibility index (Phi) is 7.41. The van der Waals surface area contributed by atoms with E-state index in [2.05, 4.69) is 16.6 Å². The van der Waals surface area contributed by atoms with Gasteiger partial charge in [-0.2, -0.15) is 0 Å². The van der Waals surface area contributed by atoms with Crippen molar-refractivity contribution in [1.29, 1.82) is 0 Å². The summed E-state index contributed by atoms with van der Waals surface area (Å²) in [5.74, 6) is 0.0699. The molecule has 0 bridgehead atoms. The van der Waals surface area contributed by atoms with Gasteiger partial charge < -0.3 is 11.1 Å². The van der Waals surface area contributed by atoms with Crippen LogP contribution >= 0.6 is 0 Å². The van der Waals surface area contributed by atoms with Crippen molar-refractivity contribution in [2.24, 2.45) is 11.7 Å². The van der Waals surface area contributed by atoms with E-state index in [0.717, 1.165) is 6.42 Å². The molecule has 7 heteroatoms. The molecule has 1 rings (SSSR count). The van der Waals surface area contributed by atoms with Crippen LogP contribution in [0.5, 0.6) is 0 Å². The van der Waals surface area contributed by atoms with Crippen LogP contribution in [0.3, 0.4) is 0 Å². The Bertz CT molecular complexity index is 642. The van der Waals surface area contributed by atoms with Gasteiger partial charge in [0, 0.05) is 24.7 Å². The van der Waals surface area contributed by atoms with Gasteiger partial charge in [-0.05, 0) is 30.5 Å². The van der Waals surface area contributed by atoms with E-state index < -0.39 is 10.0 Å². The summed E-state index contributed by atoms with van der Waals surface area (Å²) in [6, 6.07) is 5.77. The van der Waals surface area contributed by atoms with Crippen LogP contribution in [0.25, 0.3) is 0 Å². The van der Waals surface area contributed by atoms with Crippen LogP contribution in [0.4, 0.5) is 0 Å². The van der Waals surface area contributed by atoms with Crippen LogP contribution in [0.15, 0.2) is 41.8 Å². The maximum atomic E-state index is 12.3. The Morgan fingerprint density at radius 3 is 2.65 bits per heavy atom. The predicted octanol–water partition coefficient (Wildman–Crippen LogP) is 1.25. The molecule has 0 saturated carbocycles. The maximum absolute atomic E-state index is 12.3. The summed E-state index contributed by atoms with van der Waals surface area (Å²) in [5, 5.41) is 2.84. The molecule has 0 aromatic heterocycles. The Morgan fingerprint density at radius 2 is 2.09 bits per heavy atom. The van der Waals surface area contributed by atoms with Gasteiger partial charge in [-0.25, -0.2) is 13.1 Å². The Labute approximate surface area is 138 Å². The zero-order valence-corrected chi connectivity index (χ0v) is 14.4. The molecule has 1 atom stereocenters. The second kappa shape index (κ2) is 8.81. The van der Waals surface area contributed by atoms with Crippen LogP contribution in [0.1, 0.15) is 30.6 Å². The standard InChI is InChI=1S/C16H25N3O3S/c1-4-8-18-23(21,22)15-7-5-6-13(10-15)16(20)19-14(11-17)9-12(2)3/h4-7,10,12,14,18H,1,8-9,11,17H2,2-3H3,(H,19,20). The topological polar surface area (TPSA) is 101 Å². The first-order valence-corrected chi connectivity index (χ1v) is 9.00. The first kappa shape index (κ1) is 19.3. The highest BCUT2D eigenvalue weighted by Gasteiger charge is 2.17. The monoisotopic (exact) mass is 339 g/mol. The van der Waals surface area contributed by atoms with E-state index in [1.807, 2.05) is 13.8 Å². The molecular formula is C16H25N3O3S. The number of carbonyl (C=O) groups is 1. The molecule has 0 heterocycles. The molecule has 0 fully saturated rings. The van der Waals surface area contributed by atoms with Crippen molar-refractivity contribution < 1.29 is 13.2 Å². The second-order valence-corrected chi connectivity index (χ2v) is 7.47. The van der Waals surface area contributed by atoms with Crippen molar-refractivity contribution in [3.05, 3.63) is 42.5 Å². The van der Waals surface area contributed by atoms with Crippen LogP contribution in [-0.2, 0) is 10.0 Å². The molecule has 0 aliphatic heterocycles. The quantitative estimate of drug-likeness (QED) is 0.589. The van der Waals surface area contributed by atoms with Crippen molar-refractivity contribution in [1.82, 2.24) is 10.0 Å². The van der Waals surface area contributed by atoms with Gasteiger partial charge in [0.2, 0.25) is 10.0 Å². The van der Waals surface area contributed by atoms with Gasteiger partial charge in [-0.3, -0.25) is 4.79 Å². The van der Waals surface area contributed by atoms with Gasteiger partial charge in [-0.1, -0.05) is 26.0 Å². The third kappa shape index (κ3) is 6.13. The summed E-state index contributed by atoms with van der Waals surface area (Å²) in [6.07, 6.45) is 2.22. The number of hydrogen-bond donors (Lipinski definition) is 3. The van der Waals surface area contributed by atoms with Crippen molar-refractivity contribution >= 4 is 15.9 Å². The van der Waals surface area contributed by atoms with Crippen LogP contribution in [-0.4, -0.2) is 33.5 Å². The Balaban J connectivity index is 2.91. The van der Waals surface area contributed by atoms with Crippen LogP contribution in [0, 0.1) is 5.92 Å². The Morgan fingerprint density at radius 1 is 1.39 bits per heavy atom. The number of nitrogens with one attached hydrogen (secondary N) is 2. The number of rotatable bonds is 9. The zero-order chi connectivity index (χ0) is 17.5. The van der Waals surface area contributed by atoms with E-state index >= 15 is 0 Å². The smallest absolute Gasteiger partial charge is 0.251 e. The predicted molar refractivity (Wildman–Crippen MR) is 91.6 cm³/mol. The first-order valence-electron chi connectivity index (χ1n) is 7.51. The Hall–Kier alpha value is -1.70. The lowest BCUT2D eigenvalue weighted by atomic mass is 10.0. The molecule has 0 aliphatic carbocycles. The van der Waals surface area contributed by atoms with E-state index in [0.29, 0.717) is 12.5 Å². The molecule has 1 aromatic rings. The van der Waals surface area contributed by atoms with Gasteiger partial charge in [0.15, 0.2) is 0 Å². The SMILES string of the molecule is C=CCNS(=O)(=O)c1cccc(C(=O)NC(CN)CC(C)C)c1. The fourth-order valence-corrected chi connectivity index (χ4v) is 3.15. The summed E-state index contributed by atoms with van der Waals surface area (Å²) in [7, 11) is -3.66. The highest BCUT2D eigenvalue weighted by molar-refractivity contribution is 7.89. The number of sulfonamides is 1. The van der Waals surface area contributed by atoms with Crippen molar-refractivity contribution in [3.63, 3.8) is 0 Å². The van der Waals surface area contributed by atoms with E-state index in [1.54, 1.807) is 6.07 Å². The summed E-state index contributed by atoms with van der Waals surface area (Å²) in [5.41, 5.74) is 5.96. The lowest BCUT2D eigenvalue weighted by Gasteiger charge is -2.19. The molecule has 0 saturated heterocycles. The fraction of sp³-hybridized carbons (Fsp3) is 0.438. The highest BCUT2D eigenvalue weighted by Crippen LogP contribution is 2.12. The third-order valence-electron chi connectivity index (χ3n) is 3.20. The average Bonchev–Trinajstić information content (AvgIpc) is 2.52. The lowest BCUT2D eigenvalue weighted by Crippen LogP contribution is -2.41. The normalized spacial score (nSPS) is 12.9. The molecule has 0 radical (unpaired) electrons. The number of hydrogen-bond acceptors (Lipinski definition) is 4. The van der Waals surface area contributed by atoms with Crippen molar-refractivity contribution in [2.75, 3.05) is 13.1 Å².